The number of rotatable bonds is 5. The first-order chi connectivity index (χ1) is 9.26. The number of fused-ring (bicyclic) bond motifs is 1. The fourth-order valence-corrected chi connectivity index (χ4v) is 2.07. The van der Waals surface area contributed by atoms with Crippen LogP contribution in [0.25, 0.3) is 10.9 Å². The number of benzene rings is 1. The van der Waals surface area contributed by atoms with E-state index >= 15 is 0 Å². The molecule has 1 aromatic heterocycles. The van der Waals surface area contributed by atoms with Crippen molar-refractivity contribution in [2.24, 2.45) is 0 Å². The third-order valence-electron chi connectivity index (χ3n) is 3.03. The Balaban J connectivity index is 2.32. The van der Waals surface area contributed by atoms with Crippen molar-refractivity contribution in [2.75, 3.05) is 11.9 Å². The summed E-state index contributed by atoms with van der Waals surface area (Å²) in [5.74, 6) is 0. The number of hydrogen-bond acceptors (Lipinski definition) is 4. The fourth-order valence-electron chi connectivity index (χ4n) is 2.07. The van der Waals surface area contributed by atoms with E-state index in [1.807, 2.05) is 31.2 Å². The average molecular weight is 255 g/mol. The minimum atomic E-state index is -0.400. The molecule has 0 saturated carbocycles. The number of nitrogens with zero attached hydrogens (tertiary/aromatic N) is 2. The molecule has 0 saturated heterocycles. The summed E-state index contributed by atoms with van der Waals surface area (Å²) in [4.78, 5) is 4.25. The Labute approximate surface area is 112 Å². The molecule has 0 amide bonds. The molecule has 2 N–H and O–H groups in total. The second-order valence-electron chi connectivity index (χ2n) is 4.50. The van der Waals surface area contributed by atoms with Crippen molar-refractivity contribution in [1.29, 1.82) is 5.26 Å². The van der Waals surface area contributed by atoms with Gasteiger partial charge in [0.2, 0.25) is 0 Å². The van der Waals surface area contributed by atoms with Crippen LogP contribution in [0.2, 0.25) is 0 Å². The van der Waals surface area contributed by atoms with Gasteiger partial charge >= 0.3 is 0 Å². The molecule has 1 heterocycles. The van der Waals surface area contributed by atoms with Crippen LogP contribution in [0.5, 0.6) is 0 Å². The van der Waals surface area contributed by atoms with E-state index in [0.29, 0.717) is 12.1 Å². The van der Waals surface area contributed by atoms with Crippen molar-refractivity contribution in [1.82, 2.24) is 4.98 Å². The van der Waals surface area contributed by atoms with Crippen LogP contribution in [0, 0.1) is 11.3 Å². The molecule has 19 heavy (non-hydrogen) atoms. The van der Waals surface area contributed by atoms with E-state index in [1.165, 1.54) is 0 Å². The molecule has 2 aromatic rings. The molecule has 0 radical (unpaired) electrons. The number of aliphatic hydroxyl groups excluding tert-OH is 1. The highest BCUT2D eigenvalue weighted by molar-refractivity contribution is 5.93. The second-order valence-corrected chi connectivity index (χ2v) is 4.50. The van der Waals surface area contributed by atoms with Crippen molar-refractivity contribution in [3.05, 3.63) is 36.0 Å². The van der Waals surface area contributed by atoms with Gasteiger partial charge in [-0.05, 0) is 12.5 Å². The topological polar surface area (TPSA) is 68.9 Å². The predicted octanol–water partition coefficient (Wildman–Crippen LogP) is 2.68. The third-order valence-corrected chi connectivity index (χ3v) is 3.03. The Morgan fingerprint density at radius 1 is 1.42 bits per heavy atom. The zero-order valence-corrected chi connectivity index (χ0v) is 10.9. The van der Waals surface area contributed by atoms with E-state index < -0.39 is 6.10 Å². The molecule has 2 rings (SSSR count). The van der Waals surface area contributed by atoms with Crippen LogP contribution in [0.3, 0.4) is 0 Å². The zero-order valence-electron chi connectivity index (χ0n) is 10.9. The van der Waals surface area contributed by atoms with Crippen LogP contribution in [0.4, 0.5) is 5.69 Å². The van der Waals surface area contributed by atoms with E-state index in [-0.39, 0.29) is 0 Å². The second kappa shape index (κ2) is 6.17. The van der Waals surface area contributed by atoms with Crippen LogP contribution in [-0.4, -0.2) is 22.7 Å². The predicted molar refractivity (Wildman–Crippen MR) is 75.9 cm³/mol. The van der Waals surface area contributed by atoms with E-state index in [2.05, 4.69) is 16.4 Å². The van der Waals surface area contributed by atoms with E-state index in [4.69, 9.17) is 5.26 Å². The Hall–Kier alpha value is -2.12. The van der Waals surface area contributed by atoms with E-state index in [0.717, 1.165) is 29.4 Å². The van der Waals surface area contributed by atoms with Gasteiger partial charge in [0.15, 0.2) is 0 Å². The molecule has 98 valence electrons. The van der Waals surface area contributed by atoms with Crippen LogP contribution >= 0.6 is 0 Å². The lowest BCUT2D eigenvalue weighted by molar-refractivity contribution is 0.176. The van der Waals surface area contributed by atoms with Gasteiger partial charge in [0, 0.05) is 18.1 Å². The zero-order chi connectivity index (χ0) is 13.7. The quantitative estimate of drug-likeness (QED) is 0.861. The van der Waals surface area contributed by atoms with Gasteiger partial charge in [-0.25, -0.2) is 0 Å². The molecular weight excluding hydrogens is 238 g/mol. The van der Waals surface area contributed by atoms with Crippen LogP contribution < -0.4 is 5.32 Å². The molecule has 1 aromatic carbocycles. The Bertz CT molecular complexity index is 604. The molecule has 0 fully saturated rings. The summed E-state index contributed by atoms with van der Waals surface area (Å²) >= 11 is 0. The lowest BCUT2D eigenvalue weighted by Crippen LogP contribution is -2.19. The van der Waals surface area contributed by atoms with Crippen molar-refractivity contribution in [3.63, 3.8) is 0 Å². The van der Waals surface area contributed by atoms with Crippen molar-refractivity contribution in [2.45, 2.75) is 25.9 Å². The summed E-state index contributed by atoms with van der Waals surface area (Å²) in [5, 5.41) is 23.0. The van der Waals surface area contributed by atoms with Crippen molar-refractivity contribution >= 4 is 16.6 Å². The van der Waals surface area contributed by atoms with Crippen LogP contribution in [0.15, 0.2) is 30.5 Å². The highest BCUT2D eigenvalue weighted by atomic mass is 16.3. The number of nitrogens with one attached hydrogen (secondary N) is 1. The van der Waals surface area contributed by atoms with Crippen LogP contribution in [-0.2, 0) is 0 Å². The maximum atomic E-state index is 9.79. The minimum absolute atomic E-state index is 0.400. The molecule has 0 aliphatic carbocycles. The Kier molecular flexibility index (Phi) is 4.32. The molecule has 0 bridgehead atoms. The summed E-state index contributed by atoms with van der Waals surface area (Å²) < 4.78 is 0. The average Bonchev–Trinajstić information content (AvgIpc) is 2.44. The maximum Gasteiger partial charge on any atom is 0.103 e. The number of aromatic nitrogens is 1. The molecule has 0 aliphatic rings. The number of nitriles is 1. The van der Waals surface area contributed by atoms with Crippen molar-refractivity contribution < 1.29 is 5.11 Å². The first-order valence-electron chi connectivity index (χ1n) is 6.46. The third kappa shape index (κ3) is 3.01. The smallest absolute Gasteiger partial charge is 0.103 e. The van der Waals surface area contributed by atoms with E-state index in [1.54, 1.807) is 6.20 Å². The molecule has 4 heteroatoms. The lowest BCUT2D eigenvalue weighted by Gasteiger charge is -2.14. The van der Waals surface area contributed by atoms with Gasteiger partial charge in [-0.2, -0.15) is 5.26 Å². The maximum absolute atomic E-state index is 9.79. The molecular formula is C15H17N3O. The number of aliphatic hydroxyl groups is 1. The fraction of sp³-hybridized carbons (Fsp3) is 0.333. The van der Waals surface area contributed by atoms with Crippen LogP contribution in [0.1, 0.15) is 25.3 Å². The summed E-state index contributed by atoms with van der Waals surface area (Å²) in [6.45, 7) is 2.47. The van der Waals surface area contributed by atoms with Gasteiger partial charge in [0.05, 0.1) is 22.9 Å². The SMILES string of the molecule is CCCC(O)CNc1c(C#N)cnc2ccccc12. The molecule has 1 unspecified atom stereocenters. The summed E-state index contributed by atoms with van der Waals surface area (Å²) in [6, 6.07) is 9.80. The lowest BCUT2D eigenvalue weighted by atomic mass is 10.1. The summed E-state index contributed by atoms with van der Waals surface area (Å²) in [7, 11) is 0. The number of para-hydroxylation sites is 1. The van der Waals surface area contributed by atoms with E-state index in [9.17, 15) is 5.11 Å². The van der Waals surface area contributed by atoms with Gasteiger partial charge in [0.25, 0.3) is 0 Å². The Morgan fingerprint density at radius 3 is 2.95 bits per heavy atom. The number of anilines is 1. The molecule has 0 aliphatic heterocycles. The molecule has 1 atom stereocenters. The normalized spacial score (nSPS) is 12.1. The van der Waals surface area contributed by atoms with Crippen molar-refractivity contribution in [3.8, 4) is 6.07 Å². The highest BCUT2D eigenvalue weighted by Crippen LogP contribution is 2.25. The van der Waals surface area contributed by atoms with Gasteiger partial charge in [-0.3, -0.25) is 4.98 Å². The highest BCUT2D eigenvalue weighted by Gasteiger charge is 2.10. The van der Waals surface area contributed by atoms with Gasteiger partial charge in [-0.1, -0.05) is 31.5 Å². The minimum Gasteiger partial charge on any atom is -0.391 e. The molecule has 4 nitrogen and oxygen atoms in total. The largest absolute Gasteiger partial charge is 0.391 e. The van der Waals surface area contributed by atoms with Gasteiger partial charge < -0.3 is 10.4 Å². The summed E-state index contributed by atoms with van der Waals surface area (Å²) in [6.07, 6.45) is 2.85. The van der Waals surface area contributed by atoms with Gasteiger partial charge in [0.1, 0.15) is 6.07 Å². The first kappa shape index (κ1) is 13.3. The number of pyridine rings is 1. The first-order valence-corrected chi connectivity index (χ1v) is 6.46. The monoisotopic (exact) mass is 255 g/mol. The standard InChI is InChI=1S/C15H17N3O/c1-2-5-12(19)10-18-15-11(8-16)9-17-14-7-4-3-6-13(14)15/h3-4,6-7,9,12,19H,2,5,10H2,1H3,(H,17,18). The summed E-state index contributed by atoms with van der Waals surface area (Å²) in [5.41, 5.74) is 2.10. The Morgan fingerprint density at radius 2 is 2.21 bits per heavy atom. The van der Waals surface area contributed by atoms with Gasteiger partial charge in [-0.15, -0.1) is 0 Å². The molecule has 0 spiro atoms. The number of hydrogen-bond donors (Lipinski definition) is 2.